The van der Waals surface area contributed by atoms with Crippen LogP contribution >= 0.6 is 0 Å². The van der Waals surface area contributed by atoms with Gasteiger partial charge >= 0.3 is 12.3 Å². The van der Waals surface area contributed by atoms with Gasteiger partial charge in [-0.15, -0.1) is 12.3 Å². The number of fused-ring (bicyclic) bond motifs is 3. The van der Waals surface area contributed by atoms with E-state index >= 15 is 0 Å². The number of carbonyl (C=O) groups excluding carboxylic acids is 2. The first-order chi connectivity index (χ1) is 21.6. The predicted molar refractivity (Wildman–Crippen MR) is 161 cm³/mol. The van der Waals surface area contributed by atoms with Crippen LogP contribution in [0.1, 0.15) is 51.7 Å². The van der Waals surface area contributed by atoms with Gasteiger partial charge in [0.05, 0.1) is 0 Å². The number of aromatic nitrogens is 1. The summed E-state index contributed by atoms with van der Waals surface area (Å²) in [5.74, 6) is 4.33. The largest absolute Gasteiger partial charge is 0.439 e. The lowest BCUT2D eigenvalue weighted by atomic mass is 10.1. The van der Waals surface area contributed by atoms with Crippen molar-refractivity contribution >= 4 is 12.0 Å². The van der Waals surface area contributed by atoms with Crippen molar-refractivity contribution in [2.75, 3.05) is 7.05 Å². The molecule has 1 aliphatic carbocycles. The summed E-state index contributed by atoms with van der Waals surface area (Å²) in [7, 11) is 1.43. The molecule has 4 aromatic rings. The van der Waals surface area contributed by atoms with Gasteiger partial charge in [0, 0.05) is 55.2 Å². The van der Waals surface area contributed by atoms with Crippen molar-refractivity contribution in [2.45, 2.75) is 31.7 Å². The van der Waals surface area contributed by atoms with Gasteiger partial charge in [-0.1, -0.05) is 60.5 Å². The summed E-state index contributed by atoms with van der Waals surface area (Å²) < 4.78 is 52.9. The Morgan fingerprint density at radius 3 is 2.31 bits per heavy atom. The number of hydrogen-bond donors (Lipinski definition) is 1. The summed E-state index contributed by atoms with van der Waals surface area (Å²) in [4.78, 5) is 30.4. The lowest BCUT2D eigenvalue weighted by Gasteiger charge is -2.22. The number of hydrogen-bond acceptors (Lipinski definition) is 5. The van der Waals surface area contributed by atoms with Gasteiger partial charge in [0.15, 0.2) is 6.10 Å². The SMILES string of the molecule is C#CCCC#CNC(=O)c1cccc(Oc2cc(CN(C)C(=O)OC3c4ccccc4-c4ccccc43)cc(C(F)(F)F)n2)c1. The standard InChI is InChI=1S/C35H26F3N3O4/c1-3-4-5-10-18-39-33(42)24-12-11-13-25(21-24)44-31-20-23(19-30(40-31)35(36,37)38)22-41(2)34(43)45-32-28-16-8-6-14-26(28)27-15-7-9-17-29(27)32/h1,6-9,11-17,19-21,32H,4-5,22H2,2H3,(H,39,42). The van der Waals surface area contributed by atoms with E-state index in [1.165, 1.54) is 42.3 Å². The van der Waals surface area contributed by atoms with Crippen molar-refractivity contribution in [1.82, 2.24) is 15.2 Å². The van der Waals surface area contributed by atoms with E-state index in [2.05, 4.69) is 28.2 Å². The number of halogens is 3. The second-order valence-electron chi connectivity index (χ2n) is 10.1. The normalized spacial score (nSPS) is 11.7. The van der Waals surface area contributed by atoms with Crippen LogP contribution in [-0.4, -0.2) is 28.9 Å². The smallest absolute Gasteiger partial charge is 0.433 e. The highest BCUT2D eigenvalue weighted by Crippen LogP contribution is 2.45. The lowest BCUT2D eigenvalue weighted by Crippen LogP contribution is -2.28. The molecule has 0 bridgehead atoms. The first-order valence-corrected chi connectivity index (χ1v) is 13.8. The van der Waals surface area contributed by atoms with Crippen molar-refractivity contribution in [3.8, 4) is 47.1 Å². The predicted octanol–water partition coefficient (Wildman–Crippen LogP) is 7.34. The number of benzene rings is 3. The van der Waals surface area contributed by atoms with Crippen LogP contribution in [0.25, 0.3) is 11.1 Å². The van der Waals surface area contributed by atoms with Gasteiger partial charge in [-0.25, -0.2) is 9.78 Å². The van der Waals surface area contributed by atoms with Crippen LogP contribution in [0.3, 0.4) is 0 Å². The van der Waals surface area contributed by atoms with Crippen molar-refractivity contribution in [3.05, 3.63) is 113 Å². The zero-order chi connectivity index (χ0) is 32.0. The van der Waals surface area contributed by atoms with Crippen LogP contribution in [0, 0.1) is 24.3 Å². The Labute approximate surface area is 258 Å². The molecule has 0 fully saturated rings. The van der Waals surface area contributed by atoms with E-state index in [0.29, 0.717) is 12.8 Å². The Morgan fingerprint density at radius 2 is 1.64 bits per heavy atom. The second kappa shape index (κ2) is 13.3. The van der Waals surface area contributed by atoms with Crippen LogP contribution in [0.5, 0.6) is 11.6 Å². The van der Waals surface area contributed by atoms with E-state index in [9.17, 15) is 22.8 Å². The third-order valence-electron chi connectivity index (χ3n) is 6.86. The highest BCUT2D eigenvalue weighted by Gasteiger charge is 2.35. The number of unbranched alkanes of at least 4 members (excludes halogenated alkanes) is 1. The monoisotopic (exact) mass is 609 g/mol. The van der Waals surface area contributed by atoms with Gasteiger partial charge in [-0.3, -0.25) is 10.1 Å². The molecule has 5 rings (SSSR count). The zero-order valence-electron chi connectivity index (χ0n) is 24.0. The van der Waals surface area contributed by atoms with Gasteiger partial charge in [-0.2, -0.15) is 13.2 Å². The maximum atomic E-state index is 13.8. The maximum absolute atomic E-state index is 13.8. The number of carbonyl (C=O) groups is 2. The van der Waals surface area contributed by atoms with E-state index < -0.39 is 30.0 Å². The molecule has 0 unspecified atom stereocenters. The average molecular weight is 610 g/mol. The topological polar surface area (TPSA) is 80.8 Å². The number of amides is 2. The number of alkyl halides is 3. The van der Waals surface area contributed by atoms with Crippen LogP contribution in [-0.2, 0) is 17.5 Å². The van der Waals surface area contributed by atoms with E-state index in [4.69, 9.17) is 15.9 Å². The highest BCUT2D eigenvalue weighted by molar-refractivity contribution is 5.95. The Morgan fingerprint density at radius 1 is 0.956 bits per heavy atom. The number of terminal acetylenes is 1. The third-order valence-corrected chi connectivity index (χ3v) is 6.86. The highest BCUT2D eigenvalue weighted by atomic mass is 19.4. The first kappa shape index (κ1) is 30.7. The molecule has 0 radical (unpaired) electrons. The van der Waals surface area contributed by atoms with E-state index in [1.54, 1.807) is 0 Å². The Bertz CT molecular complexity index is 1810. The van der Waals surface area contributed by atoms with Crippen LogP contribution < -0.4 is 10.1 Å². The van der Waals surface area contributed by atoms with Crippen molar-refractivity contribution in [1.29, 1.82) is 0 Å². The Hall–Kier alpha value is -5.74. The Balaban J connectivity index is 1.32. The molecule has 0 aliphatic heterocycles. The van der Waals surface area contributed by atoms with Gasteiger partial charge in [0.2, 0.25) is 5.88 Å². The fourth-order valence-electron chi connectivity index (χ4n) is 4.81. The quantitative estimate of drug-likeness (QED) is 0.135. The number of pyridine rings is 1. The zero-order valence-corrected chi connectivity index (χ0v) is 24.0. The molecule has 10 heteroatoms. The molecule has 0 saturated carbocycles. The minimum atomic E-state index is -4.79. The molecule has 0 spiro atoms. The second-order valence-corrected chi connectivity index (χ2v) is 10.1. The van der Waals surface area contributed by atoms with Gasteiger partial charge in [0.25, 0.3) is 5.91 Å². The molecule has 1 aromatic heterocycles. The molecule has 1 N–H and O–H groups in total. The van der Waals surface area contributed by atoms with Crippen molar-refractivity contribution in [2.24, 2.45) is 0 Å². The van der Waals surface area contributed by atoms with Gasteiger partial charge < -0.3 is 14.4 Å². The molecular formula is C35H26F3N3O4. The van der Waals surface area contributed by atoms with Crippen molar-refractivity contribution < 1.29 is 32.2 Å². The maximum Gasteiger partial charge on any atom is 0.433 e. The van der Waals surface area contributed by atoms with Crippen LogP contribution in [0.15, 0.2) is 84.9 Å². The molecule has 0 saturated heterocycles. The first-order valence-electron chi connectivity index (χ1n) is 13.8. The van der Waals surface area contributed by atoms with Crippen molar-refractivity contribution in [3.63, 3.8) is 0 Å². The average Bonchev–Trinajstić information content (AvgIpc) is 3.33. The molecule has 7 nitrogen and oxygen atoms in total. The lowest BCUT2D eigenvalue weighted by molar-refractivity contribution is -0.141. The third kappa shape index (κ3) is 7.26. The molecule has 3 aromatic carbocycles. The summed E-state index contributed by atoms with van der Waals surface area (Å²) >= 11 is 0. The van der Waals surface area contributed by atoms with E-state index in [1.807, 2.05) is 48.5 Å². The van der Waals surface area contributed by atoms with Gasteiger partial charge in [-0.05, 0) is 41.0 Å². The summed E-state index contributed by atoms with van der Waals surface area (Å²) in [5.41, 5.74) is 2.63. The molecule has 1 heterocycles. The minimum absolute atomic E-state index is 0.0760. The van der Waals surface area contributed by atoms with Crippen LogP contribution in [0.2, 0.25) is 0 Å². The van der Waals surface area contributed by atoms with E-state index in [-0.39, 0.29) is 29.3 Å². The number of rotatable bonds is 7. The van der Waals surface area contributed by atoms with Crippen LogP contribution in [0.4, 0.5) is 18.0 Å². The summed E-state index contributed by atoms with van der Waals surface area (Å²) in [5, 5.41) is 2.42. The van der Waals surface area contributed by atoms with Gasteiger partial charge in [0.1, 0.15) is 11.4 Å². The Kier molecular flexibility index (Phi) is 9.06. The minimum Gasteiger partial charge on any atom is -0.439 e. The molecule has 2 amide bonds. The molecular weight excluding hydrogens is 583 g/mol. The summed E-state index contributed by atoms with van der Waals surface area (Å²) in [6.45, 7) is -0.225. The number of nitrogens with one attached hydrogen (secondary N) is 1. The molecule has 45 heavy (non-hydrogen) atoms. The number of nitrogens with zero attached hydrogens (tertiary/aromatic N) is 2. The molecule has 0 atom stereocenters. The molecule has 226 valence electrons. The van der Waals surface area contributed by atoms with E-state index in [0.717, 1.165) is 28.3 Å². The summed E-state index contributed by atoms with van der Waals surface area (Å²) in [6.07, 6.45) is -0.140. The molecule has 1 aliphatic rings. The fraction of sp³-hybridized carbons (Fsp3) is 0.171. The fourth-order valence-corrected chi connectivity index (χ4v) is 4.81. The summed E-state index contributed by atoms with van der Waals surface area (Å²) in [6, 6.07) is 25.6. The number of ether oxygens (including phenoxy) is 2.